The lowest BCUT2D eigenvalue weighted by molar-refractivity contribution is 0.317. The van der Waals surface area contributed by atoms with E-state index in [0.29, 0.717) is 0 Å². The smallest absolute Gasteiger partial charge is 0.0489 e. The van der Waals surface area contributed by atoms with Crippen molar-refractivity contribution in [2.45, 2.75) is 44.3 Å². The molecular formula is C13H22N4. The monoisotopic (exact) mass is 234 g/mol. The number of aryl methyl sites for hydroxylation is 1. The second-order valence-corrected chi connectivity index (χ2v) is 5.29. The largest absolute Gasteiger partial charge is 0.313 e. The number of hydrogen-bond acceptors (Lipinski definition) is 3. The van der Waals surface area contributed by atoms with Gasteiger partial charge in [-0.3, -0.25) is 9.58 Å². The lowest BCUT2D eigenvalue weighted by Crippen LogP contribution is -2.34. The van der Waals surface area contributed by atoms with E-state index in [1.54, 1.807) is 0 Å². The second kappa shape index (κ2) is 5.19. The lowest BCUT2D eigenvalue weighted by Gasteiger charge is -2.15. The Kier molecular flexibility index (Phi) is 3.43. The van der Waals surface area contributed by atoms with Crippen molar-refractivity contribution in [2.24, 2.45) is 0 Å². The van der Waals surface area contributed by atoms with Gasteiger partial charge in [-0.05, 0) is 38.3 Å². The third-order valence-corrected chi connectivity index (χ3v) is 3.84. The van der Waals surface area contributed by atoms with Crippen LogP contribution in [0.15, 0.2) is 18.5 Å². The lowest BCUT2D eigenvalue weighted by atomic mass is 10.2. The number of aromatic nitrogens is 2. The quantitative estimate of drug-likeness (QED) is 0.748. The molecule has 4 heteroatoms. The average molecular weight is 234 g/mol. The summed E-state index contributed by atoms with van der Waals surface area (Å²) < 4.78 is 2.01. The molecule has 0 aromatic carbocycles. The molecule has 17 heavy (non-hydrogen) atoms. The molecule has 4 nitrogen and oxygen atoms in total. The van der Waals surface area contributed by atoms with Gasteiger partial charge >= 0.3 is 0 Å². The van der Waals surface area contributed by atoms with Crippen LogP contribution in [0.3, 0.4) is 0 Å². The molecule has 1 atom stereocenters. The fraction of sp³-hybridized carbons (Fsp3) is 0.769. The second-order valence-electron chi connectivity index (χ2n) is 5.29. The number of rotatable bonds is 6. The molecular weight excluding hydrogens is 212 g/mol. The molecule has 1 saturated heterocycles. The zero-order valence-corrected chi connectivity index (χ0v) is 10.4. The van der Waals surface area contributed by atoms with Crippen molar-refractivity contribution < 1.29 is 0 Å². The molecule has 2 fully saturated rings. The molecule has 0 radical (unpaired) electrons. The summed E-state index contributed by atoms with van der Waals surface area (Å²) in [6.45, 7) is 4.72. The van der Waals surface area contributed by atoms with Gasteiger partial charge < -0.3 is 5.32 Å². The molecule has 1 N–H and O–H groups in total. The summed E-state index contributed by atoms with van der Waals surface area (Å²) in [6.07, 6.45) is 9.25. The molecule has 1 aliphatic carbocycles. The van der Waals surface area contributed by atoms with E-state index in [1.165, 1.54) is 38.8 Å². The van der Waals surface area contributed by atoms with Crippen LogP contribution < -0.4 is 5.32 Å². The van der Waals surface area contributed by atoms with Crippen molar-refractivity contribution in [1.82, 2.24) is 20.0 Å². The predicted molar refractivity (Wildman–Crippen MR) is 67.8 cm³/mol. The van der Waals surface area contributed by atoms with Gasteiger partial charge in [0.05, 0.1) is 0 Å². The summed E-state index contributed by atoms with van der Waals surface area (Å²) in [7, 11) is 0. The molecule has 2 aliphatic rings. The van der Waals surface area contributed by atoms with Crippen molar-refractivity contribution in [2.75, 3.05) is 19.6 Å². The standard InChI is InChI=1S/C13H22N4/c1(8-17-9-2-7-15-17)6-14-12-5-10-16(11-12)13-3-4-13/h2,7,9,12-14H,1,3-6,8,10-11H2. The first-order chi connectivity index (χ1) is 8.42. The summed E-state index contributed by atoms with van der Waals surface area (Å²) in [5, 5.41) is 7.88. The highest BCUT2D eigenvalue weighted by Crippen LogP contribution is 2.29. The molecule has 1 aromatic rings. The Hall–Kier alpha value is -0.870. The minimum absolute atomic E-state index is 0.730. The Bertz CT molecular complexity index is 331. The van der Waals surface area contributed by atoms with Gasteiger partial charge in [0.15, 0.2) is 0 Å². The van der Waals surface area contributed by atoms with E-state index in [0.717, 1.165) is 25.2 Å². The topological polar surface area (TPSA) is 33.1 Å². The summed E-state index contributed by atoms with van der Waals surface area (Å²) in [5.74, 6) is 0. The molecule has 0 bridgehead atoms. The van der Waals surface area contributed by atoms with E-state index in [1.807, 2.05) is 23.1 Å². The number of nitrogens with one attached hydrogen (secondary N) is 1. The van der Waals surface area contributed by atoms with Crippen molar-refractivity contribution >= 4 is 0 Å². The van der Waals surface area contributed by atoms with Crippen LogP contribution in [-0.2, 0) is 6.54 Å². The Morgan fingerprint density at radius 1 is 1.29 bits per heavy atom. The first kappa shape index (κ1) is 11.2. The van der Waals surface area contributed by atoms with Crippen molar-refractivity contribution in [3.8, 4) is 0 Å². The molecule has 2 heterocycles. The normalized spacial score (nSPS) is 25.5. The molecule has 1 aliphatic heterocycles. The molecule has 0 amide bonds. The summed E-state index contributed by atoms with van der Waals surface area (Å²) in [5.41, 5.74) is 0. The maximum atomic E-state index is 4.21. The van der Waals surface area contributed by atoms with Crippen LogP contribution in [-0.4, -0.2) is 46.4 Å². The third-order valence-electron chi connectivity index (χ3n) is 3.84. The van der Waals surface area contributed by atoms with E-state index in [-0.39, 0.29) is 0 Å². The Morgan fingerprint density at radius 2 is 2.24 bits per heavy atom. The Balaban J connectivity index is 1.30. The van der Waals surface area contributed by atoms with Crippen LogP contribution in [0.1, 0.15) is 25.7 Å². The number of likely N-dealkylation sites (tertiary alicyclic amines) is 1. The highest BCUT2D eigenvalue weighted by Gasteiger charge is 2.33. The molecule has 94 valence electrons. The van der Waals surface area contributed by atoms with E-state index < -0.39 is 0 Å². The van der Waals surface area contributed by atoms with Crippen LogP contribution in [0.4, 0.5) is 0 Å². The Morgan fingerprint density at radius 3 is 3.00 bits per heavy atom. The van der Waals surface area contributed by atoms with Gasteiger partial charge in [-0.15, -0.1) is 0 Å². The van der Waals surface area contributed by atoms with Crippen LogP contribution >= 0.6 is 0 Å². The van der Waals surface area contributed by atoms with Crippen LogP contribution in [0.2, 0.25) is 0 Å². The van der Waals surface area contributed by atoms with E-state index >= 15 is 0 Å². The highest BCUT2D eigenvalue weighted by molar-refractivity contribution is 4.91. The minimum atomic E-state index is 0.730. The molecule has 1 saturated carbocycles. The zero-order valence-electron chi connectivity index (χ0n) is 10.4. The highest BCUT2D eigenvalue weighted by atomic mass is 15.3. The predicted octanol–water partition coefficient (Wildman–Crippen LogP) is 1.10. The first-order valence-corrected chi connectivity index (χ1v) is 6.87. The van der Waals surface area contributed by atoms with Crippen molar-refractivity contribution in [3.05, 3.63) is 18.5 Å². The van der Waals surface area contributed by atoms with Crippen LogP contribution in [0, 0.1) is 0 Å². The summed E-state index contributed by atoms with van der Waals surface area (Å²) >= 11 is 0. The molecule has 0 spiro atoms. The zero-order chi connectivity index (χ0) is 11.5. The van der Waals surface area contributed by atoms with Crippen molar-refractivity contribution in [1.29, 1.82) is 0 Å². The summed E-state index contributed by atoms with van der Waals surface area (Å²) in [6, 6.07) is 3.65. The van der Waals surface area contributed by atoms with E-state index in [4.69, 9.17) is 0 Å². The number of nitrogens with zero attached hydrogens (tertiary/aromatic N) is 3. The van der Waals surface area contributed by atoms with Crippen molar-refractivity contribution in [3.63, 3.8) is 0 Å². The van der Waals surface area contributed by atoms with E-state index in [9.17, 15) is 0 Å². The molecule has 1 aromatic heterocycles. The number of hydrogen-bond donors (Lipinski definition) is 1. The van der Waals surface area contributed by atoms with Gasteiger partial charge in [-0.25, -0.2) is 0 Å². The maximum absolute atomic E-state index is 4.21. The minimum Gasteiger partial charge on any atom is -0.313 e. The molecule has 1 unspecified atom stereocenters. The molecule has 3 rings (SSSR count). The fourth-order valence-electron chi connectivity index (χ4n) is 2.71. The van der Waals surface area contributed by atoms with Gasteiger partial charge in [0.1, 0.15) is 0 Å². The van der Waals surface area contributed by atoms with Crippen LogP contribution in [0.25, 0.3) is 0 Å². The third kappa shape index (κ3) is 3.07. The van der Waals surface area contributed by atoms with Gasteiger partial charge in [0, 0.05) is 44.1 Å². The van der Waals surface area contributed by atoms with E-state index in [2.05, 4.69) is 15.3 Å². The van der Waals surface area contributed by atoms with Crippen LogP contribution in [0.5, 0.6) is 0 Å². The van der Waals surface area contributed by atoms with Gasteiger partial charge in [-0.2, -0.15) is 5.10 Å². The van der Waals surface area contributed by atoms with Gasteiger partial charge in [0.2, 0.25) is 0 Å². The average Bonchev–Trinajstić information content (AvgIpc) is 2.89. The first-order valence-electron chi connectivity index (χ1n) is 6.87. The van der Waals surface area contributed by atoms with Gasteiger partial charge in [0.25, 0.3) is 0 Å². The maximum Gasteiger partial charge on any atom is 0.0489 e. The Labute approximate surface area is 103 Å². The fourth-order valence-corrected chi connectivity index (χ4v) is 2.71. The van der Waals surface area contributed by atoms with Gasteiger partial charge in [-0.1, -0.05) is 0 Å². The SMILES string of the molecule is c1cnn(CCCNC2CCN(C3CC3)C2)c1. The summed E-state index contributed by atoms with van der Waals surface area (Å²) in [4.78, 5) is 2.66.